The molecule has 1 aliphatic heterocycles. The zero-order valence-corrected chi connectivity index (χ0v) is 23.5. The standard InChI is InChI=1S/C33H35N3O5/c1-3-4-10-27-28(34-33(39-2)35-31(27)25-8-6-5-7-9-25)22-36(20-23-11-14-26(15-12-23)32(37)38)21-24-13-16-29-30(19-24)41-18-17-40-29/h5-9,11-16,19H,3-4,10,17-18,20-22H2,1-2H3,(H,37,38). The molecule has 0 saturated carbocycles. The molecular weight excluding hydrogens is 518 g/mol. The van der Waals surface area contributed by atoms with Crippen LogP contribution < -0.4 is 14.2 Å². The number of unbranched alkanes of at least 4 members (excludes halogenated alkanes) is 1. The molecule has 0 fully saturated rings. The number of methoxy groups -OCH3 is 1. The first-order valence-electron chi connectivity index (χ1n) is 14.0. The van der Waals surface area contributed by atoms with E-state index in [2.05, 4.69) is 30.0 Å². The van der Waals surface area contributed by atoms with Gasteiger partial charge in [0, 0.05) is 30.8 Å². The Morgan fingerprint density at radius 1 is 0.902 bits per heavy atom. The lowest BCUT2D eigenvalue weighted by Crippen LogP contribution is -2.25. The molecule has 1 N–H and O–H groups in total. The van der Waals surface area contributed by atoms with Crippen molar-refractivity contribution in [1.82, 2.24) is 14.9 Å². The normalized spacial score (nSPS) is 12.4. The Bertz CT molecular complexity index is 1470. The molecule has 8 heteroatoms. The van der Waals surface area contributed by atoms with E-state index in [9.17, 15) is 9.90 Å². The van der Waals surface area contributed by atoms with Crippen LogP contribution >= 0.6 is 0 Å². The fourth-order valence-corrected chi connectivity index (χ4v) is 5.02. The molecule has 3 aromatic carbocycles. The van der Waals surface area contributed by atoms with E-state index in [0.29, 0.717) is 38.9 Å². The number of carbonyl (C=O) groups is 1. The van der Waals surface area contributed by atoms with Crippen molar-refractivity contribution < 1.29 is 24.1 Å². The van der Waals surface area contributed by atoms with Gasteiger partial charge in [0.05, 0.1) is 24.1 Å². The highest BCUT2D eigenvalue weighted by Gasteiger charge is 2.20. The summed E-state index contributed by atoms with van der Waals surface area (Å²) in [6.07, 6.45) is 2.92. The van der Waals surface area contributed by atoms with Crippen molar-refractivity contribution in [2.24, 2.45) is 0 Å². The van der Waals surface area contributed by atoms with Crippen molar-refractivity contribution in [1.29, 1.82) is 0 Å². The van der Waals surface area contributed by atoms with Gasteiger partial charge in [-0.3, -0.25) is 4.90 Å². The minimum atomic E-state index is -0.938. The molecule has 0 amide bonds. The summed E-state index contributed by atoms with van der Waals surface area (Å²) >= 11 is 0. The smallest absolute Gasteiger partial charge is 0.335 e. The van der Waals surface area contributed by atoms with Crippen molar-refractivity contribution in [2.75, 3.05) is 20.3 Å². The third-order valence-corrected chi connectivity index (χ3v) is 7.08. The third kappa shape index (κ3) is 7.02. The molecule has 41 heavy (non-hydrogen) atoms. The molecule has 1 aliphatic rings. The second-order valence-electron chi connectivity index (χ2n) is 10.1. The van der Waals surface area contributed by atoms with Gasteiger partial charge in [-0.05, 0) is 48.2 Å². The fourth-order valence-electron chi connectivity index (χ4n) is 5.02. The van der Waals surface area contributed by atoms with Crippen molar-refractivity contribution >= 4 is 5.97 Å². The maximum absolute atomic E-state index is 11.4. The molecule has 0 unspecified atom stereocenters. The first-order chi connectivity index (χ1) is 20.0. The van der Waals surface area contributed by atoms with Gasteiger partial charge in [-0.15, -0.1) is 0 Å². The summed E-state index contributed by atoms with van der Waals surface area (Å²) in [5.74, 6) is 0.565. The lowest BCUT2D eigenvalue weighted by atomic mass is 9.99. The molecule has 5 rings (SSSR count). The Morgan fingerprint density at radius 2 is 1.61 bits per heavy atom. The molecule has 1 aromatic heterocycles. The predicted molar refractivity (Wildman–Crippen MR) is 156 cm³/mol. The highest BCUT2D eigenvalue weighted by atomic mass is 16.6. The van der Waals surface area contributed by atoms with E-state index in [0.717, 1.165) is 64.4 Å². The molecule has 212 valence electrons. The quantitative estimate of drug-likeness (QED) is 0.223. The zero-order valence-electron chi connectivity index (χ0n) is 23.5. The van der Waals surface area contributed by atoms with Gasteiger partial charge in [0.25, 0.3) is 0 Å². The first kappa shape index (κ1) is 28.1. The number of rotatable bonds is 12. The van der Waals surface area contributed by atoms with Crippen molar-refractivity contribution in [3.63, 3.8) is 0 Å². The van der Waals surface area contributed by atoms with E-state index in [4.69, 9.17) is 24.2 Å². The van der Waals surface area contributed by atoms with Gasteiger partial charge in [-0.1, -0.05) is 61.9 Å². The summed E-state index contributed by atoms with van der Waals surface area (Å²) in [6.45, 7) is 5.02. The Kier molecular flexibility index (Phi) is 9.11. The Hall–Kier alpha value is -4.43. The van der Waals surface area contributed by atoms with Crippen LogP contribution in [0.15, 0.2) is 72.8 Å². The number of ether oxygens (including phenoxy) is 3. The summed E-state index contributed by atoms with van der Waals surface area (Å²) in [5, 5.41) is 9.36. The number of aromatic carboxylic acids is 1. The molecule has 0 saturated heterocycles. The minimum absolute atomic E-state index is 0.266. The largest absolute Gasteiger partial charge is 0.486 e. The molecule has 0 aliphatic carbocycles. The molecule has 0 atom stereocenters. The molecule has 4 aromatic rings. The first-order valence-corrected chi connectivity index (χ1v) is 14.0. The zero-order chi connectivity index (χ0) is 28.6. The number of benzene rings is 3. The van der Waals surface area contributed by atoms with Gasteiger partial charge < -0.3 is 19.3 Å². The summed E-state index contributed by atoms with van der Waals surface area (Å²) in [6, 6.07) is 23.6. The Balaban J connectivity index is 1.52. The number of nitrogens with zero attached hydrogens (tertiary/aromatic N) is 3. The summed E-state index contributed by atoms with van der Waals surface area (Å²) in [7, 11) is 1.59. The average molecular weight is 554 g/mol. The van der Waals surface area contributed by atoms with Crippen molar-refractivity contribution in [3.8, 4) is 28.8 Å². The van der Waals surface area contributed by atoms with Crippen LogP contribution in [0.2, 0.25) is 0 Å². The molecule has 0 spiro atoms. The van der Waals surface area contributed by atoms with Gasteiger partial charge in [-0.25, -0.2) is 4.79 Å². The van der Waals surface area contributed by atoms with E-state index in [-0.39, 0.29) is 5.56 Å². The number of aromatic nitrogens is 2. The van der Waals surface area contributed by atoms with Crippen molar-refractivity contribution in [2.45, 2.75) is 45.8 Å². The molecule has 0 bridgehead atoms. The van der Waals surface area contributed by atoms with E-state index in [1.165, 1.54) is 0 Å². The monoisotopic (exact) mass is 553 g/mol. The molecule has 2 heterocycles. The Morgan fingerprint density at radius 3 is 2.32 bits per heavy atom. The van der Waals surface area contributed by atoms with Gasteiger partial charge >= 0.3 is 12.0 Å². The number of hydrogen-bond acceptors (Lipinski definition) is 7. The summed E-state index contributed by atoms with van der Waals surface area (Å²) in [5.41, 5.74) is 6.31. The van der Waals surface area contributed by atoms with Crippen LogP contribution in [-0.2, 0) is 26.1 Å². The maximum atomic E-state index is 11.4. The van der Waals surface area contributed by atoms with Crippen LogP contribution in [0.5, 0.6) is 17.5 Å². The lowest BCUT2D eigenvalue weighted by Gasteiger charge is -2.25. The highest BCUT2D eigenvalue weighted by molar-refractivity contribution is 5.87. The van der Waals surface area contributed by atoms with E-state index in [1.807, 2.05) is 42.5 Å². The average Bonchev–Trinajstić information content (AvgIpc) is 3.00. The molecular formula is C33H35N3O5. The maximum Gasteiger partial charge on any atom is 0.335 e. The third-order valence-electron chi connectivity index (χ3n) is 7.08. The van der Waals surface area contributed by atoms with E-state index in [1.54, 1.807) is 19.2 Å². The molecule has 0 radical (unpaired) electrons. The number of carboxylic acid groups (broad SMARTS) is 1. The van der Waals surface area contributed by atoms with Gasteiger partial charge in [0.2, 0.25) is 0 Å². The van der Waals surface area contributed by atoms with Gasteiger partial charge in [-0.2, -0.15) is 9.97 Å². The number of carboxylic acids is 1. The second kappa shape index (κ2) is 13.3. The highest BCUT2D eigenvalue weighted by Crippen LogP contribution is 2.32. The van der Waals surface area contributed by atoms with Crippen LogP contribution in [0, 0.1) is 0 Å². The second-order valence-corrected chi connectivity index (χ2v) is 10.1. The van der Waals surface area contributed by atoms with E-state index < -0.39 is 5.97 Å². The van der Waals surface area contributed by atoms with E-state index >= 15 is 0 Å². The van der Waals surface area contributed by atoms with Crippen molar-refractivity contribution in [3.05, 3.63) is 101 Å². The van der Waals surface area contributed by atoms with Crippen LogP contribution in [0.25, 0.3) is 11.3 Å². The fraction of sp³-hybridized carbons (Fsp3) is 0.303. The van der Waals surface area contributed by atoms with Crippen LogP contribution in [0.4, 0.5) is 0 Å². The predicted octanol–water partition coefficient (Wildman–Crippen LogP) is 6.17. The lowest BCUT2D eigenvalue weighted by molar-refractivity contribution is 0.0697. The molecule has 8 nitrogen and oxygen atoms in total. The number of hydrogen-bond donors (Lipinski definition) is 1. The SMILES string of the molecule is CCCCc1c(CN(Cc2ccc(C(=O)O)cc2)Cc2ccc3c(c2)OCCO3)nc(OC)nc1-c1ccccc1. The topological polar surface area (TPSA) is 94.0 Å². The Labute approximate surface area is 240 Å². The van der Waals surface area contributed by atoms with Crippen LogP contribution in [0.3, 0.4) is 0 Å². The summed E-state index contributed by atoms with van der Waals surface area (Å²) in [4.78, 5) is 23.4. The van der Waals surface area contributed by atoms with Gasteiger partial charge in [0.1, 0.15) is 13.2 Å². The summed E-state index contributed by atoms with van der Waals surface area (Å²) < 4.78 is 17.1. The van der Waals surface area contributed by atoms with Crippen LogP contribution in [-0.4, -0.2) is 46.3 Å². The minimum Gasteiger partial charge on any atom is -0.486 e. The van der Waals surface area contributed by atoms with Crippen LogP contribution in [0.1, 0.15) is 52.5 Å². The van der Waals surface area contributed by atoms with Gasteiger partial charge in [0.15, 0.2) is 11.5 Å². The number of fused-ring (bicyclic) bond motifs is 1.